The predicted octanol–water partition coefficient (Wildman–Crippen LogP) is 1.78. The van der Waals surface area contributed by atoms with Crippen molar-refractivity contribution in [1.82, 2.24) is 4.90 Å². The van der Waals surface area contributed by atoms with Gasteiger partial charge in [0.1, 0.15) is 6.61 Å². The summed E-state index contributed by atoms with van der Waals surface area (Å²) in [5, 5.41) is 18.8. The molecule has 2 heterocycles. The molecule has 0 aromatic carbocycles. The number of aryl methyl sites for hydroxylation is 1. The molecule has 1 aliphatic heterocycles. The summed E-state index contributed by atoms with van der Waals surface area (Å²) in [5.41, 5.74) is 0.296. The van der Waals surface area contributed by atoms with Crippen molar-refractivity contribution in [3.8, 4) is 11.8 Å². The third-order valence-corrected chi connectivity index (χ3v) is 4.90. The van der Waals surface area contributed by atoms with Crippen LogP contribution in [0.1, 0.15) is 46.3 Å². The molecule has 1 fully saturated rings. The number of carbonyl (C=O) groups is 1. The highest BCUT2D eigenvalue weighted by atomic mass is 32.1. The second-order valence-electron chi connectivity index (χ2n) is 5.73. The lowest BCUT2D eigenvalue weighted by molar-refractivity contribution is 0.0438. The normalized spacial score (nSPS) is 22.4. The second-order valence-corrected chi connectivity index (χ2v) is 6.78. The van der Waals surface area contributed by atoms with E-state index in [0.29, 0.717) is 24.4 Å². The summed E-state index contributed by atoms with van der Waals surface area (Å²) in [6, 6.07) is 1.86. The summed E-state index contributed by atoms with van der Waals surface area (Å²) >= 11 is 1.37. The third-order valence-electron chi connectivity index (χ3n) is 3.76. The number of thiophene rings is 1. The molecule has 1 amide bonds. The van der Waals surface area contributed by atoms with Gasteiger partial charge in [-0.15, -0.1) is 11.3 Å². The molecule has 0 spiro atoms. The lowest BCUT2D eigenvalue weighted by atomic mass is 9.98. The molecule has 21 heavy (non-hydrogen) atoms. The molecule has 2 N–H and O–H groups in total. The number of likely N-dealkylation sites (tertiary alicyclic amines) is 1. The Morgan fingerprint density at radius 3 is 2.95 bits per heavy atom. The number of aliphatic hydroxyl groups is 2. The van der Waals surface area contributed by atoms with Crippen LogP contribution < -0.4 is 0 Å². The zero-order chi connectivity index (χ0) is 15.5. The van der Waals surface area contributed by atoms with E-state index in [1.807, 2.05) is 24.8 Å². The topological polar surface area (TPSA) is 60.8 Å². The Kier molecular flexibility index (Phi) is 5.04. The fourth-order valence-corrected chi connectivity index (χ4v) is 3.47. The van der Waals surface area contributed by atoms with E-state index in [1.54, 1.807) is 0 Å². The molecular formula is C16H21NO3S. The van der Waals surface area contributed by atoms with Gasteiger partial charge in [-0.05, 0) is 44.7 Å². The molecule has 0 aliphatic carbocycles. The van der Waals surface area contributed by atoms with Gasteiger partial charge in [-0.25, -0.2) is 0 Å². The van der Waals surface area contributed by atoms with E-state index in [2.05, 4.69) is 11.8 Å². The largest absolute Gasteiger partial charge is 0.390 e. The first-order valence-corrected chi connectivity index (χ1v) is 7.96. The Morgan fingerprint density at radius 1 is 1.48 bits per heavy atom. The maximum absolute atomic E-state index is 12.6. The number of hydrogen-bond acceptors (Lipinski definition) is 4. The maximum Gasteiger partial charge on any atom is 0.263 e. The fourth-order valence-electron chi connectivity index (χ4n) is 2.45. The van der Waals surface area contributed by atoms with Gasteiger partial charge >= 0.3 is 0 Å². The van der Waals surface area contributed by atoms with Gasteiger partial charge in [-0.2, -0.15) is 0 Å². The molecule has 5 heteroatoms. The second kappa shape index (κ2) is 6.61. The van der Waals surface area contributed by atoms with Crippen molar-refractivity contribution in [2.75, 3.05) is 19.7 Å². The van der Waals surface area contributed by atoms with Crippen molar-refractivity contribution in [2.24, 2.45) is 0 Å². The fraction of sp³-hybridized carbons (Fsp3) is 0.562. The van der Waals surface area contributed by atoms with Crippen LogP contribution in [-0.4, -0.2) is 46.3 Å². The van der Waals surface area contributed by atoms with Crippen LogP contribution in [0.2, 0.25) is 0 Å². The molecule has 1 aliphatic rings. The van der Waals surface area contributed by atoms with Crippen molar-refractivity contribution >= 4 is 17.2 Å². The third kappa shape index (κ3) is 4.07. The highest BCUT2D eigenvalue weighted by Gasteiger charge is 2.28. The first-order chi connectivity index (χ1) is 9.93. The Labute approximate surface area is 129 Å². The first-order valence-electron chi connectivity index (χ1n) is 7.15. The summed E-state index contributed by atoms with van der Waals surface area (Å²) in [6.45, 7) is 4.84. The van der Waals surface area contributed by atoms with Crippen molar-refractivity contribution in [1.29, 1.82) is 0 Å². The van der Waals surface area contributed by atoms with E-state index in [-0.39, 0.29) is 12.5 Å². The summed E-state index contributed by atoms with van der Waals surface area (Å²) in [4.78, 5) is 15.9. The smallest absolute Gasteiger partial charge is 0.263 e. The minimum Gasteiger partial charge on any atom is -0.390 e. The minimum atomic E-state index is -0.668. The molecule has 1 saturated heterocycles. The molecule has 1 aromatic heterocycles. The molecular weight excluding hydrogens is 286 g/mol. The molecule has 1 unspecified atom stereocenters. The van der Waals surface area contributed by atoms with Gasteiger partial charge < -0.3 is 15.1 Å². The van der Waals surface area contributed by atoms with Crippen molar-refractivity contribution < 1.29 is 15.0 Å². The quantitative estimate of drug-likeness (QED) is 0.778. The highest BCUT2D eigenvalue weighted by Crippen LogP contribution is 2.26. The van der Waals surface area contributed by atoms with E-state index < -0.39 is 5.60 Å². The van der Waals surface area contributed by atoms with Gasteiger partial charge in [-0.3, -0.25) is 4.79 Å². The number of aliphatic hydroxyl groups excluding tert-OH is 1. The molecule has 2 rings (SSSR count). The summed E-state index contributed by atoms with van der Waals surface area (Å²) < 4.78 is 0. The van der Waals surface area contributed by atoms with Crippen LogP contribution in [0.3, 0.4) is 0 Å². The molecule has 1 atom stereocenters. The number of nitrogens with zero attached hydrogens (tertiary/aromatic N) is 1. The average molecular weight is 307 g/mol. The lowest BCUT2D eigenvalue weighted by Gasteiger charge is -2.22. The Hall–Kier alpha value is -1.35. The number of carbonyl (C=O) groups excluding carboxylic acids is 1. The van der Waals surface area contributed by atoms with Gasteiger partial charge in [0, 0.05) is 13.1 Å². The molecule has 1 aromatic rings. The van der Waals surface area contributed by atoms with E-state index >= 15 is 0 Å². The van der Waals surface area contributed by atoms with Crippen LogP contribution >= 0.6 is 11.3 Å². The maximum atomic E-state index is 12.6. The zero-order valence-electron chi connectivity index (χ0n) is 12.5. The van der Waals surface area contributed by atoms with E-state index in [0.717, 1.165) is 23.3 Å². The SMILES string of the molecule is Cc1cc(C(=O)N2CCCC(C)(O)CC2)sc1C#CCO. The van der Waals surface area contributed by atoms with Crippen LogP contribution in [-0.2, 0) is 0 Å². The molecule has 0 radical (unpaired) electrons. The van der Waals surface area contributed by atoms with Crippen LogP contribution in [0.4, 0.5) is 0 Å². The van der Waals surface area contributed by atoms with Crippen molar-refractivity contribution in [2.45, 2.75) is 38.7 Å². The summed E-state index contributed by atoms with van der Waals surface area (Å²) in [6.07, 6.45) is 2.16. The van der Waals surface area contributed by atoms with E-state index in [9.17, 15) is 9.90 Å². The van der Waals surface area contributed by atoms with Crippen molar-refractivity contribution in [3.63, 3.8) is 0 Å². The molecule has 114 valence electrons. The average Bonchev–Trinajstić information content (AvgIpc) is 2.70. The molecule has 0 saturated carbocycles. The van der Waals surface area contributed by atoms with Crippen LogP contribution in [0.15, 0.2) is 6.07 Å². The number of rotatable bonds is 1. The van der Waals surface area contributed by atoms with E-state index in [1.165, 1.54) is 11.3 Å². The highest BCUT2D eigenvalue weighted by molar-refractivity contribution is 7.14. The Morgan fingerprint density at radius 2 is 2.24 bits per heavy atom. The monoisotopic (exact) mass is 307 g/mol. The molecule has 4 nitrogen and oxygen atoms in total. The Balaban J connectivity index is 2.13. The lowest BCUT2D eigenvalue weighted by Crippen LogP contribution is -2.33. The minimum absolute atomic E-state index is 0.0119. The summed E-state index contributed by atoms with van der Waals surface area (Å²) in [5.74, 6) is 5.50. The number of hydrogen-bond donors (Lipinski definition) is 2. The standard InChI is InChI=1S/C16H21NO3S/c1-12-11-14(21-13(12)5-3-10-18)15(19)17-8-4-6-16(2,20)7-9-17/h11,18,20H,4,6-10H2,1-2H3. The van der Waals surface area contributed by atoms with Gasteiger partial charge in [0.15, 0.2) is 0 Å². The molecule has 0 bridgehead atoms. The first kappa shape index (κ1) is 16.0. The summed E-state index contributed by atoms with van der Waals surface area (Å²) in [7, 11) is 0. The van der Waals surface area contributed by atoms with Crippen LogP contribution in [0.25, 0.3) is 0 Å². The van der Waals surface area contributed by atoms with Crippen molar-refractivity contribution in [3.05, 3.63) is 21.4 Å². The van der Waals surface area contributed by atoms with Crippen LogP contribution in [0, 0.1) is 18.8 Å². The van der Waals surface area contributed by atoms with Gasteiger partial charge in [0.2, 0.25) is 0 Å². The zero-order valence-corrected chi connectivity index (χ0v) is 13.3. The predicted molar refractivity (Wildman–Crippen MR) is 83.4 cm³/mol. The van der Waals surface area contributed by atoms with Crippen LogP contribution in [0.5, 0.6) is 0 Å². The Bertz CT molecular complexity index is 580. The van der Waals surface area contributed by atoms with Gasteiger partial charge in [-0.1, -0.05) is 11.8 Å². The van der Waals surface area contributed by atoms with Gasteiger partial charge in [0.25, 0.3) is 5.91 Å². The van der Waals surface area contributed by atoms with Gasteiger partial charge in [0.05, 0.1) is 15.4 Å². The number of amides is 1. The van der Waals surface area contributed by atoms with E-state index in [4.69, 9.17) is 5.11 Å².